The summed E-state index contributed by atoms with van der Waals surface area (Å²) in [5.41, 5.74) is 0.847. The Morgan fingerprint density at radius 3 is 2.74 bits per heavy atom. The lowest BCUT2D eigenvalue weighted by molar-refractivity contribution is -0.556. The summed E-state index contributed by atoms with van der Waals surface area (Å²) in [5.74, 6) is 1.10. The van der Waals surface area contributed by atoms with Gasteiger partial charge in [0.05, 0.1) is 5.70 Å². The Labute approximate surface area is 111 Å². The quantitative estimate of drug-likeness (QED) is 0.615. The summed E-state index contributed by atoms with van der Waals surface area (Å²) >= 11 is 0. The molecule has 1 N–H and O–H groups in total. The van der Waals surface area contributed by atoms with Crippen LogP contribution in [-0.2, 0) is 0 Å². The van der Waals surface area contributed by atoms with Crippen molar-refractivity contribution in [2.45, 2.75) is 12.5 Å². The molecule has 6 nitrogen and oxygen atoms in total. The molecule has 1 unspecified atom stereocenters. The van der Waals surface area contributed by atoms with Crippen molar-refractivity contribution in [3.63, 3.8) is 0 Å². The monoisotopic (exact) mass is 255 g/mol. The minimum atomic E-state index is -0.0315. The molecule has 3 rings (SSSR count). The number of hydrogen-bond acceptors (Lipinski definition) is 5. The second-order valence-corrected chi connectivity index (χ2v) is 4.45. The fourth-order valence-electron chi connectivity index (χ4n) is 2.05. The van der Waals surface area contributed by atoms with Crippen LogP contribution in [0.3, 0.4) is 0 Å². The number of nitrogens with one attached hydrogen (secondary N) is 1. The van der Waals surface area contributed by atoms with Crippen LogP contribution in [0.2, 0.25) is 0 Å². The zero-order chi connectivity index (χ0) is 13.1. The highest BCUT2D eigenvalue weighted by Gasteiger charge is 2.25. The minimum absolute atomic E-state index is 0.0315. The van der Waals surface area contributed by atoms with Gasteiger partial charge >= 0.3 is 0 Å². The Balaban J connectivity index is 1.84. The highest BCUT2D eigenvalue weighted by atomic mass is 15.3. The van der Waals surface area contributed by atoms with Crippen molar-refractivity contribution in [3.05, 3.63) is 42.0 Å². The Morgan fingerprint density at radius 2 is 2.05 bits per heavy atom. The summed E-state index contributed by atoms with van der Waals surface area (Å²) in [6.07, 6.45) is 11.0. The molecule has 2 aliphatic heterocycles. The Kier molecular flexibility index (Phi) is 3.14. The van der Waals surface area contributed by atoms with Crippen molar-refractivity contribution in [3.8, 4) is 0 Å². The van der Waals surface area contributed by atoms with E-state index in [1.807, 2.05) is 28.9 Å². The smallest absolute Gasteiger partial charge is 0.244 e. The first kappa shape index (κ1) is 11.7. The van der Waals surface area contributed by atoms with Gasteiger partial charge in [-0.1, -0.05) is 18.2 Å². The lowest BCUT2D eigenvalue weighted by Crippen LogP contribution is -2.24. The molecule has 96 valence electrons. The molecule has 6 heteroatoms. The molecular formula is C13H15N6+. The van der Waals surface area contributed by atoms with Crippen molar-refractivity contribution >= 4 is 12.4 Å². The van der Waals surface area contributed by atoms with Crippen LogP contribution in [0.25, 0.3) is 5.70 Å². The Bertz CT molecular complexity index is 569. The molecule has 0 saturated carbocycles. The van der Waals surface area contributed by atoms with Gasteiger partial charge < -0.3 is 5.32 Å². The zero-order valence-corrected chi connectivity index (χ0v) is 10.5. The first-order valence-corrected chi connectivity index (χ1v) is 6.27. The summed E-state index contributed by atoms with van der Waals surface area (Å²) < 4.78 is 1.94. The van der Waals surface area contributed by atoms with E-state index in [0.29, 0.717) is 11.6 Å². The standard InChI is InChI=1S/C13H15N6/c1-19-9-5-3-7-11(19)13-17-15-12(16-18-13)10-6-2-4-8-14-10/h2-4,6-7,11,14H,1,5,8-9H2/q+1. The summed E-state index contributed by atoms with van der Waals surface area (Å²) in [4.78, 5) is 0. The van der Waals surface area contributed by atoms with Crippen LogP contribution in [0.1, 0.15) is 24.1 Å². The van der Waals surface area contributed by atoms with Gasteiger partial charge in [0.1, 0.15) is 13.3 Å². The third kappa shape index (κ3) is 2.42. The molecule has 0 fully saturated rings. The second-order valence-electron chi connectivity index (χ2n) is 4.45. The molecule has 0 aromatic carbocycles. The zero-order valence-electron chi connectivity index (χ0n) is 10.5. The highest BCUT2D eigenvalue weighted by Crippen LogP contribution is 2.17. The van der Waals surface area contributed by atoms with E-state index in [4.69, 9.17) is 0 Å². The van der Waals surface area contributed by atoms with Crippen molar-refractivity contribution in [2.24, 2.45) is 0 Å². The molecule has 0 bridgehead atoms. The second kappa shape index (κ2) is 5.09. The maximum atomic E-state index is 4.17. The van der Waals surface area contributed by atoms with E-state index in [0.717, 1.165) is 25.2 Å². The van der Waals surface area contributed by atoms with E-state index < -0.39 is 0 Å². The van der Waals surface area contributed by atoms with Crippen LogP contribution in [-0.4, -0.2) is 44.8 Å². The summed E-state index contributed by atoms with van der Waals surface area (Å²) in [6, 6.07) is -0.0315. The molecule has 0 spiro atoms. The largest absolute Gasteiger partial charge is 0.378 e. The van der Waals surface area contributed by atoms with E-state index >= 15 is 0 Å². The maximum absolute atomic E-state index is 4.17. The number of rotatable bonds is 2. The van der Waals surface area contributed by atoms with Gasteiger partial charge in [0.25, 0.3) is 0 Å². The van der Waals surface area contributed by atoms with Crippen LogP contribution in [0.5, 0.6) is 0 Å². The Morgan fingerprint density at radius 1 is 1.21 bits per heavy atom. The van der Waals surface area contributed by atoms with E-state index in [1.54, 1.807) is 0 Å². The molecule has 3 heterocycles. The molecule has 0 saturated heterocycles. The van der Waals surface area contributed by atoms with Gasteiger partial charge in [-0.15, -0.1) is 20.4 Å². The van der Waals surface area contributed by atoms with Gasteiger partial charge in [-0.2, -0.15) is 0 Å². The first-order valence-electron chi connectivity index (χ1n) is 6.27. The van der Waals surface area contributed by atoms with Crippen LogP contribution in [0, 0.1) is 0 Å². The molecule has 2 aliphatic rings. The van der Waals surface area contributed by atoms with Crippen LogP contribution >= 0.6 is 0 Å². The van der Waals surface area contributed by atoms with E-state index in [-0.39, 0.29) is 6.04 Å². The third-order valence-electron chi connectivity index (χ3n) is 3.10. The predicted molar refractivity (Wildman–Crippen MR) is 71.5 cm³/mol. The van der Waals surface area contributed by atoms with Crippen molar-refractivity contribution in [1.29, 1.82) is 0 Å². The fourth-order valence-corrected chi connectivity index (χ4v) is 2.05. The molecule has 1 aromatic heterocycles. The predicted octanol–water partition coefficient (Wildman–Crippen LogP) is 0.481. The van der Waals surface area contributed by atoms with Crippen LogP contribution in [0.15, 0.2) is 30.4 Å². The lowest BCUT2D eigenvalue weighted by Gasteiger charge is -2.13. The number of allylic oxidation sites excluding steroid dienone is 2. The van der Waals surface area contributed by atoms with E-state index in [9.17, 15) is 0 Å². The molecular weight excluding hydrogens is 240 g/mol. The van der Waals surface area contributed by atoms with Crippen molar-refractivity contribution in [2.75, 3.05) is 13.1 Å². The van der Waals surface area contributed by atoms with E-state index in [2.05, 4.69) is 38.5 Å². The first-order chi connectivity index (χ1) is 9.34. The summed E-state index contributed by atoms with van der Waals surface area (Å²) in [6.45, 7) is 5.65. The average molecular weight is 255 g/mol. The van der Waals surface area contributed by atoms with Crippen LogP contribution in [0.4, 0.5) is 0 Å². The summed E-state index contributed by atoms with van der Waals surface area (Å²) in [5, 5.41) is 19.8. The van der Waals surface area contributed by atoms with Gasteiger partial charge in [0, 0.05) is 13.0 Å². The maximum Gasteiger partial charge on any atom is 0.244 e. The molecule has 1 aromatic rings. The van der Waals surface area contributed by atoms with Gasteiger partial charge in [0.15, 0.2) is 0 Å². The van der Waals surface area contributed by atoms with Gasteiger partial charge in [-0.05, 0) is 12.2 Å². The van der Waals surface area contributed by atoms with Crippen molar-refractivity contribution in [1.82, 2.24) is 25.7 Å². The molecule has 1 atom stereocenters. The third-order valence-corrected chi connectivity index (χ3v) is 3.10. The minimum Gasteiger partial charge on any atom is -0.378 e. The lowest BCUT2D eigenvalue weighted by atomic mass is 10.1. The number of hydrogen-bond donors (Lipinski definition) is 1. The topological polar surface area (TPSA) is 66.6 Å². The van der Waals surface area contributed by atoms with Crippen molar-refractivity contribution < 1.29 is 4.58 Å². The summed E-state index contributed by atoms with van der Waals surface area (Å²) in [7, 11) is 0. The SMILES string of the molecule is C=[N+]1CCC=CC1c1nnc(C2=CC=CCN2)nn1. The highest BCUT2D eigenvalue weighted by molar-refractivity contribution is 5.60. The normalized spacial score (nSPS) is 22.0. The number of aromatic nitrogens is 4. The van der Waals surface area contributed by atoms with Crippen LogP contribution < -0.4 is 5.32 Å². The number of nitrogens with zero attached hydrogens (tertiary/aromatic N) is 5. The molecule has 0 amide bonds. The van der Waals surface area contributed by atoms with Gasteiger partial charge in [-0.25, -0.2) is 4.58 Å². The van der Waals surface area contributed by atoms with Gasteiger partial charge in [-0.3, -0.25) is 0 Å². The van der Waals surface area contributed by atoms with Gasteiger partial charge in [0.2, 0.25) is 17.7 Å². The molecule has 0 radical (unpaired) electrons. The number of dihydropyridines is 1. The molecule has 0 aliphatic carbocycles. The Hall–Kier alpha value is -2.37. The van der Waals surface area contributed by atoms with E-state index in [1.165, 1.54) is 0 Å². The average Bonchev–Trinajstić information content (AvgIpc) is 2.49. The molecule has 19 heavy (non-hydrogen) atoms. The fraction of sp³-hybridized carbons (Fsp3) is 0.308.